The van der Waals surface area contributed by atoms with Crippen molar-refractivity contribution in [3.05, 3.63) is 66.1 Å². The Labute approximate surface area is 116 Å². The number of carbonyl (C=O) groups excluding carboxylic acids is 1. The summed E-state index contributed by atoms with van der Waals surface area (Å²) < 4.78 is 0. The molecule has 0 saturated carbocycles. The second-order valence-electron chi connectivity index (χ2n) is 4.52. The molecule has 0 saturated heterocycles. The van der Waals surface area contributed by atoms with Crippen molar-refractivity contribution in [1.29, 1.82) is 0 Å². The van der Waals surface area contributed by atoms with E-state index in [2.05, 4.69) is 15.3 Å². The van der Waals surface area contributed by atoms with Crippen LogP contribution in [0.15, 0.2) is 54.9 Å². The monoisotopic (exact) mass is 263 g/mol. The molecule has 4 nitrogen and oxygen atoms in total. The topological polar surface area (TPSA) is 54.9 Å². The van der Waals surface area contributed by atoms with Crippen molar-refractivity contribution in [3.8, 4) is 0 Å². The van der Waals surface area contributed by atoms with Gasteiger partial charge in [0.05, 0.1) is 16.8 Å². The summed E-state index contributed by atoms with van der Waals surface area (Å²) in [6, 6.07) is 13.1. The molecule has 98 valence electrons. The van der Waals surface area contributed by atoms with Gasteiger partial charge in [0.25, 0.3) is 5.91 Å². The normalized spacial score (nSPS) is 10.4. The fraction of sp³-hybridized carbons (Fsp3) is 0.0625. The fourth-order valence-corrected chi connectivity index (χ4v) is 2.06. The molecular formula is C16H13N3O. The minimum absolute atomic E-state index is 0.175. The number of nitrogens with zero attached hydrogens (tertiary/aromatic N) is 2. The molecule has 0 aliphatic carbocycles. The molecule has 0 fully saturated rings. The SMILES string of the molecule is Cc1ccc2c(NC(=O)c3cccnc3)cccc2n1. The van der Waals surface area contributed by atoms with Crippen LogP contribution < -0.4 is 5.32 Å². The maximum atomic E-state index is 12.2. The van der Waals surface area contributed by atoms with Crippen molar-refractivity contribution in [2.24, 2.45) is 0 Å². The summed E-state index contributed by atoms with van der Waals surface area (Å²) in [5.41, 5.74) is 3.11. The molecule has 1 amide bonds. The Morgan fingerprint density at radius 2 is 2.00 bits per heavy atom. The van der Waals surface area contributed by atoms with E-state index in [-0.39, 0.29) is 5.91 Å². The summed E-state index contributed by atoms with van der Waals surface area (Å²) in [7, 11) is 0. The Hall–Kier alpha value is -2.75. The largest absolute Gasteiger partial charge is 0.321 e. The molecule has 0 spiro atoms. The van der Waals surface area contributed by atoms with Crippen LogP contribution in [0.4, 0.5) is 5.69 Å². The molecule has 1 aromatic carbocycles. The van der Waals surface area contributed by atoms with Crippen LogP contribution >= 0.6 is 0 Å². The summed E-state index contributed by atoms with van der Waals surface area (Å²) in [6.45, 7) is 1.94. The van der Waals surface area contributed by atoms with Crippen LogP contribution in [0, 0.1) is 6.92 Å². The molecule has 0 unspecified atom stereocenters. The number of rotatable bonds is 2. The number of aryl methyl sites for hydroxylation is 1. The smallest absolute Gasteiger partial charge is 0.257 e. The zero-order chi connectivity index (χ0) is 13.9. The molecule has 2 aromatic heterocycles. The first-order chi connectivity index (χ1) is 9.74. The lowest BCUT2D eigenvalue weighted by molar-refractivity contribution is 0.102. The molecule has 0 atom stereocenters. The van der Waals surface area contributed by atoms with E-state index in [9.17, 15) is 4.79 Å². The number of aromatic nitrogens is 2. The second kappa shape index (κ2) is 5.09. The summed E-state index contributed by atoms with van der Waals surface area (Å²) in [5, 5.41) is 3.83. The zero-order valence-electron chi connectivity index (χ0n) is 11.0. The van der Waals surface area contributed by atoms with Gasteiger partial charge in [-0.1, -0.05) is 6.07 Å². The van der Waals surface area contributed by atoms with Gasteiger partial charge in [-0.05, 0) is 43.3 Å². The number of fused-ring (bicyclic) bond motifs is 1. The Bertz CT molecular complexity index is 769. The van der Waals surface area contributed by atoms with Crippen LogP contribution in [0.25, 0.3) is 10.9 Å². The van der Waals surface area contributed by atoms with Gasteiger partial charge in [-0.15, -0.1) is 0 Å². The molecule has 20 heavy (non-hydrogen) atoms. The highest BCUT2D eigenvalue weighted by atomic mass is 16.1. The van der Waals surface area contributed by atoms with Gasteiger partial charge >= 0.3 is 0 Å². The molecule has 3 rings (SSSR count). The van der Waals surface area contributed by atoms with Gasteiger partial charge in [0.1, 0.15) is 0 Å². The highest BCUT2D eigenvalue weighted by molar-refractivity contribution is 6.08. The Kier molecular flexibility index (Phi) is 3.13. The maximum Gasteiger partial charge on any atom is 0.257 e. The molecule has 2 heterocycles. The highest BCUT2D eigenvalue weighted by Crippen LogP contribution is 2.22. The summed E-state index contributed by atoms with van der Waals surface area (Å²) in [4.78, 5) is 20.6. The Morgan fingerprint density at radius 3 is 2.80 bits per heavy atom. The Balaban J connectivity index is 1.97. The third-order valence-electron chi connectivity index (χ3n) is 3.04. The van der Waals surface area contributed by atoms with Crippen molar-refractivity contribution in [3.63, 3.8) is 0 Å². The average Bonchev–Trinajstić information content (AvgIpc) is 2.48. The van der Waals surface area contributed by atoms with Crippen LogP contribution in [-0.2, 0) is 0 Å². The summed E-state index contributed by atoms with van der Waals surface area (Å²) in [6.07, 6.45) is 3.18. The first kappa shape index (κ1) is 12.3. The molecule has 1 N–H and O–H groups in total. The number of benzene rings is 1. The van der Waals surface area contributed by atoms with E-state index in [1.165, 1.54) is 0 Å². The van der Waals surface area contributed by atoms with E-state index in [4.69, 9.17) is 0 Å². The summed E-state index contributed by atoms with van der Waals surface area (Å²) >= 11 is 0. The number of pyridine rings is 2. The number of anilines is 1. The van der Waals surface area contributed by atoms with Gasteiger partial charge in [0.15, 0.2) is 0 Å². The van der Waals surface area contributed by atoms with E-state index in [1.54, 1.807) is 24.5 Å². The van der Waals surface area contributed by atoms with Crippen LogP contribution in [0.2, 0.25) is 0 Å². The van der Waals surface area contributed by atoms with Gasteiger partial charge in [-0.3, -0.25) is 14.8 Å². The summed E-state index contributed by atoms with van der Waals surface area (Å²) in [5.74, 6) is -0.175. The van der Waals surface area contributed by atoms with Crippen molar-refractivity contribution >= 4 is 22.5 Å². The minimum Gasteiger partial charge on any atom is -0.321 e. The van der Waals surface area contributed by atoms with Crippen LogP contribution in [-0.4, -0.2) is 15.9 Å². The number of nitrogens with one attached hydrogen (secondary N) is 1. The minimum atomic E-state index is -0.175. The second-order valence-corrected chi connectivity index (χ2v) is 4.52. The van der Waals surface area contributed by atoms with Gasteiger partial charge in [-0.25, -0.2) is 0 Å². The molecule has 4 heteroatoms. The van der Waals surface area contributed by atoms with Crippen molar-refractivity contribution in [2.75, 3.05) is 5.32 Å². The standard InChI is InChI=1S/C16H13N3O/c1-11-7-8-13-14(18-11)5-2-6-15(13)19-16(20)12-4-3-9-17-10-12/h2-10H,1H3,(H,19,20). The molecular weight excluding hydrogens is 250 g/mol. The van der Waals surface area contributed by atoms with E-state index in [0.717, 1.165) is 22.3 Å². The zero-order valence-corrected chi connectivity index (χ0v) is 11.0. The van der Waals surface area contributed by atoms with Crippen LogP contribution in [0.3, 0.4) is 0 Å². The third kappa shape index (κ3) is 2.36. The van der Waals surface area contributed by atoms with Gasteiger partial charge in [-0.2, -0.15) is 0 Å². The average molecular weight is 263 g/mol. The maximum absolute atomic E-state index is 12.2. The molecule has 0 bridgehead atoms. The lowest BCUT2D eigenvalue weighted by Crippen LogP contribution is -2.12. The van der Waals surface area contributed by atoms with Gasteiger partial charge < -0.3 is 5.32 Å². The van der Waals surface area contributed by atoms with Crippen molar-refractivity contribution < 1.29 is 4.79 Å². The quantitative estimate of drug-likeness (QED) is 0.772. The molecule has 0 radical (unpaired) electrons. The molecule has 0 aliphatic rings. The highest BCUT2D eigenvalue weighted by Gasteiger charge is 2.08. The van der Waals surface area contributed by atoms with E-state index in [1.807, 2.05) is 37.3 Å². The third-order valence-corrected chi connectivity index (χ3v) is 3.04. The van der Waals surface area contributed by atoms with E-state index in [0.29, 0.717) is 5.56 Å². The van der Waals surface area contributed by atoms with Crippen LogP contribution in [0.1, 0.15) is 16.1 Å². The Morgan fingerprint density at radius 1 is 1.10 bits per heavy atom. The van der Waals surface area contributed by atoms with Gasteiger partial charge in [0, 0.05) is 23.5 Å². The van der Waals surface area contributed by atoms with E-state index < -0.39 is 0 Å². The molecule has 3 aromatic rings. The fourth-order valence-electron chi connectivity index (χ4n) is 2.06. The van der Waals surface area contributed by atoms with E-state index >= 15 is 0 Å². The number of hydrogen-bond donors (Lipinski definition) is 1. The first-order valence-corrected chi connectivity index (χ1v) is 6.32. The lowest BCUT2D eigenvalue weighted by Gasteiger charge is -2.08. The lowest BCUT2D eigenvalue weighted by atomic mass is 10.1. The first-order valence-electron chi connectivity index (χ1n) is 6.32. The number of carbonyl (C=O) groups is 1. The van der Waals surface area contributed by atoms with Crippen LogP contribution in [0.5, 0.6) is 0 Å². The molecule has 0 aliphatic heterocycles. The predicted molar refractivity (Wildman–Crippen MR) is 78.7 cm³/mol. The van der Waals surface area contributed by atoms with Gasteiger partial charge in [0.2, 0.25) is 0 Å². The van der Waals surface area contributed by atoms with Crippen molar-refractivity contribution in [1.82, 2.24) is 9.97 Å². The predicted octanol–water partition coefficient (Wildman–Crippen LogP) is 3.19. The number of amides is 1. The van der Waals surface area contributed by atoms with Crippen molar-refractivity contribution in [2.45, 2.75) is 6.92 Å². The number of hydrogen-bond acceptors (Lipinski definition) is 3.